The van der Waals surface area contributed by atoms with Crippen LogP contribution in [-0.2, 0) is 0 Å². The Bertz CT molecular complexity index is 458. The third kappa shape index (κ3) is 2.23. The van der Waals surface area contributed by atoms with Crippen LogP contribution in [-0.4, -0.2) is 9.97 Å². The molecule has 0 spiro atoms. The first kappa shape index (κ1) is 9.89. The zero-order valence-electron chi connectivity index (χ0n) is 7.81. The molecule has 0 saturated carbocycles. The summed E-state index contributed by atoms with van der Waals surface area (Å²) in [5, 5.41) is 0.358. The van der Waals surface area contributed by atoms with Crippen LogP contribution in [0.15, 0.2) is 36.4 Å². The van der Waals surface area contributed by atoms with Gasteiger partial charge in [0.2, 0.25) is 0 Å². The third-order valence-electron chi connectivity index (χ3n) is 1.87. The largest absolute Gasteiger partial charge is 0.308 e. The number of nitrogen functional groups attached to an aromatic ring is 1. The topological polar surface area (TPSA) is 63.8 Å². The maximum absolute atomic E-state index is 5.83. The first-order valence-corrected chi connectivity index (χ1v) is 4.74. The highest BCUT2D eigenvalue weighted by molar-refractivity contribution is 6.29. The molecule has 2 rings (SSSR count). The van der Waals surface area contributed by atoms with Crippen molar-refractivity contribution >= 4 is 17.4 Å². The molecule has 0 radical (unpaired) electrons. The fourth-order valence-corrected chi connectivity index (χ4v) is 1.39. The molecule has 0 atom stereocenters. The number of nitrogens with one attached hydrogen (secondary N) is 1. The Morgan fingerprint density at radius 3 is 2.53 bits per heavy atom. The molecule has 0 aliphatic carbocycles. The monoisotopic (exact) mass is 220 g/mol. The van der Waals surface area contributed by atoms with Crippen LogP contribution >= 0.6 is 11.6 Å². The maximum atomic E-state index is 5.83. The molecule has 1 aromatic carbocycles. The van der Waals surface area contributed by atoms with Crippen molar-refractivity contribution in [3.8, 4) is 11.4 Å². The van der Waals surface area contributed by atoms with Gasteiger partial charge in [0.1, 0.15) is 11.0 Å². The van der Waals surface area contributed by atoms with Gasteiger partial charge >= 0.3 is 0 Å². The van der Waals surface area contributed by atoms with Gasteiger partial charge in [-0.3, -0.25) is 0 Å². The lowest BCUT2D eigenvalue weighted by atomic mass is 10.2. The van der Waals surface area contributed by atoms with Crippen molar-refractivity contribution in [2.24, 2.45) is 5.84 Å². The van der Waals surface area contributed by atoms with Crippen molar-refractivity contribution in [3.63, 3.8) is 0 Å². The summed E-state index contributed by atoms with van der Waals surface area (Å²) in [4.78, 5) is 8.30. The quantitative estimate of drug-likeness (QED) is 0.462. The first-order valence-electron chi connectivity index (χ1n) is 4.36. The van der Waals surface area contributed by atoms with Gasteiger partial charge in [0.15, 0.2) is 5.82 Å². The van der Waals surface area contributed by atoms with Gasteiger partial charge in [-0.2, -0.15) is 0 Å². The molecule has 0 aliphatic heterocycles. The van der Waals surface area contributed by atoms with Gasteiger partial charge in [-0.1, -0.05) is 41.9 Å². The molecular weight excluding hydrogens is 212 g/mol. The number of nitrogens with zero attached hydrogens (tertiary/aromatic N) is 2. The molecule has 0 bridgehead atoms. The van der Waals surface area contributed by atoms with Crippen LogP contribution in [0.25, 0.3) is 11.4 Å². The molecule has 76 valence electrons. The normalized spacial score (nSPS) is 10.0. The van der Waals surface area contributed by atoms with Crippen molar-refractivity contribution in [3.05, 3.63) is 41.6 Å². The highest BCUT2D eigenvalue weighted by Crippen LogP contribution is 2.19. The second kappa shape index (κ2) is 4.25. The number of nitrogens with two attached hydrogens (primary N) is 1. The molecule has 1 heterocycles. The predicted octanol–water partition coefficient (Wildman–Crippen LogP) is 2.08. The SMILES string of the molecule is NNc1cc(Cl)nc(-c2ccccc2)n1. The van der Waals surface area contributed by atoms with E-state index in [-0.39, 0.29) is 0 Å². The van der Waals surface area contributed by atoms with E-state index in [1.54, 1.807) is 6.07 Å². The van der Waals surface area contributed by atoms with Crippen LogP contribution in [0.1, 0.15) is 0 Å². The molecule has 0 aliphatic rings. The minimum atomic E-state index is 0.358. The average Bonchev–Trinajstić information content (AvgIpc) is 2.29. The van der Waals surface area contributed by atoms with E-state index >= 15 is 0 Å². The summed E-state index contributed by atoms with van der Waals surface area (Å²) in [7, 11) is 0. The molecular formula is C10H9ClN4. The van der Waals surface area contributed by atoms with E-state index in [1.807, 2.05) is 30.3 Å². The molecule has 0 saturated heterocycles. The second-order valence-electron chi connectivity index (χ2n) is 2.91. The molecule has 4 nitrogen and oxygen atoms in total. The number of rotatable bonds is 2. The zero-order chi connectivity index (χ0) is 10.7. The fraction of sp³-hybridized carbons (Fsp3) is 0. The van der Waals surface area contributed by atoms with Gasteiger partial charge in [-0.15, -0.1) is 0 Å². The first-order chi connectivity index (χ1) is 7.29. The van der Waals surface area contributed by atoms with Crippen LogP contribution in [0.2, 0.25) is 5.15 Å². The van der Waals surface area contributed by atoms with Crippen molar-refractivity contribution in [2.45, 2.75) is 0 Å². The van der Waals surface area contributed by atoms with Gasteiger partial charge in [0, 0.05) is 11.6 Å². The minimum Gasteiger partial charge on any atom is -0.308 e. The number of hydrogen-bond donors (Lipinski definition) is 2. The predicted molar refractivity (Wildman–Crippen MR) is 60.3 cm³/mol. The highest BCUT2D eigenvalue weighted by Gasteiger charge is 2.03. The van der Waals surface area contributed by atoms with Crippen molar-refractivity contribution in [1.82, 2.24) is 9.97 Å². The lowest BCUT2D eigenvalue weighted by molar-refractivity contribution is 1.15. The Kier molecular flexibility index (Phi) is 2.80. The van der Waals surface area contributed by atoms with E-state index in [0.29, 0.717) is 16.8 Å². The Labute approximate surface area is 92.1 Å². The smallest absolute Gasteiger partial charge is 0.163 e. The number of aromatic nitrogens is 2. The molecule has 0 amide bonds. The van der Waals surface area contributed by atoms with Crippen molar-refractivity contribution in [2.75, 3.05) is 5.43 Å². The van der Waals surface area contributed by atoms with E-state index in [0.717, 1.165) is 5.56 Å². The molecule has 2 aromatic rings. The Morgan fingerprint density at radius 1 is 1.13 bits per heavy atom. The van der Waals surface area contributed by atoms with Crippen LogP contribution < -0.4 is 11.3 Å². The number of benzene rings is 1. The standard InChI is InChI=1S/C10H9ClN4/c11-8-6-9(15-12)14-10(13-8)7-4-2-1-3-5-7/h1-6H,12H2,(H,13,14,15). The number of halogens is 1. The summed E-state index contributed by atoms with van der Waals surface area (Å²) >= 11 is 5.83. The van der Waals surface area contributed by atoms with Gasteiger partial charge in [-0.05, 0) is 0 Å². The third-order valence-corrected chi connectivity index (χ3v) is 2.07. The summed E-state index contributed by atoms with van der Waals surface area (Å²) in [6.45, 7) is 0. The van der Waals surface area contributed by atoms with Crippen LogP contribution in [0.3, 0.4) is 0 Å². The van der Waals surface area contributed by atoms with Gasteiger partial charge in [0.25, 0.3) is 0 Å². The molecule has 3 N–H and O–H groups in total. The fourth-order valence-electron chi connectivity index (χ4n) is 1.21. The Morgan fingerprint density at radius 2 is 1.87 bits per heavy atom. The van der Waals surface area contributed by atoms with Crippen LogP contribution in [0.5, 0.6) is 0 Å². The summed E-state index contributed by atoms with van der Waals surface area (Å²) in [6, 6.07) is 11.1. The highest BCUT2D eigenvalue weighted by atomic mass is 35.5. The summed E-state index contributed by atoms with van der Waals surface area (Å²) in [6.07, 6.45) is 0. The molecule has 0 unspecified atom stereocenters. The average molecular weight is 221 g/mol. The molecule has 0 fully saturated rings. The van der Waals surface area contributed by atoms with Crippen molar-refractivity contribution in [1.29, 1.82) is 0 Å². The van der Waals surface area contributed by atoms with E-state index in [2.05, 4.69) is 15.4 Å². The minimum absolute atomic E-state index is 0.358. The van der Waals surface area contributed by atoms with E-state index in [4.69, 9.17) is 17.4 Å². The summed E-state index contributed by atoms with van der Waals surface area (Å²) < 4.78 is 0. The molecule has 1 aromatic heterocycles. The number of hydrazine groups is 1. The number of hydrogen-bond acceptors (Lipinski definition) is 4. The van der Waals surface area contributed by atoms with Gasteiger partial charge < -0.3 is 5.43 Å². The number of anilines is 1. The second-order valence-corrected chi connectivity index (χ2v) is 3.30. The van der Waals surface area contributed by atoms with E-state index in [9.17, 15) is 0 Å². The lowest BCUT2D eigenvalue weighted by Gasteiger charge is -2.03. The Balaban J connectivity index is 2.49. The van der Waals surface area contributed by atoms with E-state index < -0.39 is 0 Å². The zero-order valence-corrected chi connectivity index (χ0v) is 8.57. The van der Waals surface area contributed by atoms with Crippen LogP contribution in [0.4, 0.5) is 5.82 Å². The lowest BCUT2D eigenvalue weighted by Crippen LogP contribution is -2.09. The maximum Gasteiger partial charge on any atom is 0.163 e. The molecule has 5 heteroatoms. The summed E-state index contributed by atoms with van der Waals surface area (Å²) in [5.74, 6) is 6.31. The van der Waals surface area contributed by atoms with Crippen molar-refractivity contribution < 1.29 is 0 Å². The molecule has 15 heavy (non-hydrogen) atoms. The van der Waals surface area contributed by atoms with Crippen LogP contribution in [0, 0.1) is 0 Å². The van der Waals surface area contributed by atoms with Gasteiger partial charge in [-0.25, -0.2) is 15.8 Å². The van der Waals surface area contributed by atoms with E-state index in [1.165, 1.54) is 0 Å². The van der Waals surface area contributed by atoms with Gasteiger partial charge in [0.05, 0.1) is 0 Å². The summed E-state index contributed by atoms with van der Waals surface area (Å²) in [5.41, 5.74) is 3.34. The Hall–Kier alpha value is -1.65.